The van der Waals surface area contributed by atoms with Crippen LogP contribution in [0.4, 0.5) is 13.2 Å². The van der Waals surface area contributed by atoms with Crippen molar-refractivity contribution in [3.63, 3.8) is 0 Å². The minimum Gasteiger partial charge on any atom is -0.481 e. The van der Waals surface area contributed by atoms with Crippen LogP contribution in [0.1, 0.15) is 23.1 Å². The van der Waals surface area contributed by atoms with Gasteiger partial charge in [-0.3, -0.25) is 9.69 Å². The van der Waals surface area contributed by atoms with Gasteiger partial charge >= 0.3 is 12.1 Å². The van der Waals surface area contributed by atoms with Gasteiger partial charge in [0, 0.05) is 19.6 Å². The number of rotatable bonds is 3. The Hall–Kier alpha value is -1.56. The Morgan fingerprint density at radius 1 is 1.37 bits per heavy atom. The predicted molar refractivity (Wildman–Crippen MR) is 62.7 cm³/mol. The van der Waals surface area contributed by atoms with Gasteiger partial charge in [0.2, 0.25) is 0 Å². The van der Waals surface area contributed by atoms with Crippen molar-refractivity contribution >= 4 is 5.97 Å². The van der Waals surface area contributed by atoms with E-state index in [1.807, 2.05) is 4.90 Å². The lowest BCUT2D eigenvalue weighted by atomic mass is 9.94. The molecule has 0 spiro atoms. The standard InChI is InChI=1S/C13H14F3NO2/c14-13(15,16)11-3-1-2-9-8-17(6-4-10(9)11)7-5-12(18)19/h1-3H,4-8H2,(H,18,19). The molecular weight excluding hydrogens is 259 g/mol. The number of carboxylic acids is 1. The molecule has 2 rings (SSSR count). The first-order valence-electron chi connectivity index (χ1n) is 6.00. The average Bonchev–Trinajstić information content (AvgIpc) is 2.34. The molecule has 1 aliphatic heterocycles. The van der Waals surface area contributed by atoms with Gasteiger partial charge in [0.25, 0.3) is 0 Å². The summed E-state index contributed by atoms with van der Waals surface area (Å²) in [6.45, 7) is 1.21. The number of nitrogens with zero attached hydrogens (tertiary/aromatic N) is 1. The quantitative estimate of drug-likeness (QED) is 0.920. The van der Waals surface area contributed by atoms with Crippen LogP contribution in [0, 0.1) is 0 Å². The second-order valence-corrected chi connectivity index (χ2v) is 4.61. The fourth-order valence-electron chi connectivity index (χ4n) is 2.38. The van der Waals surface area contributed by atoms with Gasteiger partial charge in [0.05, 0.1) is 12.0 Å². The molecule has 1 aromatic rings. The first-order chi connectivity index (χ1) is 8.88. The third-order valence-electron chi connectivity index (χ3n) is 3.29. The Morgan fingerprint density at radius 3 is 2.74 bits per heavy atom. The Bertz CT molecular complexity index is 485. The number of carboxylic acid groups (broad SMARTS) is 1. The SMILES string of the molecule is O=C(O)CCN1CCc2c(cccc2C(F)(F)F)C1. The van der Waals surface area contributed by atoms with Crippen molar-refractivity contribution in [3.8, 4) is 0 Å². The third-order valence-corrected chi connectivity index (χ3v) is 3.29. The molecule has 1 heterocycles. The van der Waals surface area contributed by atoms with Gasteiger partial charge in [-0.15, -0.1) is 0 Å². The molecule has 1 N–H and O–H groups in total. The lowest BCUT2D eigenvalue weighted by molar-refractivity contribution is -0.138. The number of hydrogen-bond acceptors (Lipinski definition) is 2. The van der Waals surface area contributed by atoms with E-state index in [1.165, 1.54) is 6.07 Å². The van der Waals surface area contributed by atoms with E-state index in [-0.39, 0.29) is 6.42 Å². The Kier molecular flexibility index (Phi) is 3.80. The number of alkyl halides is 3. The summed E-state index contributed by atoms with van der Waals surface area (Å²) in [6, 6.07) is 4.19. The van der Waals surface area contributed by atoms with E-state index in [0.29, 0.717) is 37.2 Å². The minimum atomic E-state index is -4.32. The van der Waals surface area contributed by atoms with Crippen LogP contribution in [0.2, 0.25) is 0 Å². The van der Waals surface area contributed by atoms with Crippen molar-refractivity contribution in [2.24, 2.45) is 0 Å². The van der Waals surface area contributed by atoms with Gasteiger partial charge in [-0.25, -0.2) is 0 Å². The minimum absolute atomic E-state index is 0.00823. The van der Waals surface area contributed by atoms with Crippen molar-refractivity contribution in [1.29, 1.82) is 0 Å². The van der Waals surface area contributed by atoms with Crippen molar-refractivity contribution in [2.75, 3.05) is 13.1 Å². The van der Waals surface area contributed by atoms with Crippen LogP contribution in [0.25, 0.3) is 0 Å². The molecule has 19 heavy (non-hydrogen) atoms. The number of aliphatic carboxylic acids is 1. The Labute approximate surface area is 108 Å². The van der Waals surface area contributed by atoms with Crippen molar-refractivity contribution in [1.82, 2.24) is 4.90 Å². The lowest BCUT2D eigenvalue weighted by Gasteiger charge is -2.30. The summed E-state index contributed by atoms with van der Waals surface area (Å²) in [4.78, 5) is 12.4. The fraction of sp³-hybridized carbons (Fsp3) is 0.462. The Balaban J connectivity index is 2.16. The summed E-state index contributed by atoms with van der Waals surface area (Å²) in [5.74, 6) is -0.894. The normalized spacial score (nSPS) is 16.2. The molecule has 0 radical (unpaired) electrons. The number of fused-ring (bicyclic) bond motifs is 1. The summed E-state index contributed by atoms with van der Waals surface area (Å²) in [5, 5.41) is 8.61. The van der Waals surface area contributed by atoms with Crippen molar-refractivity contribution in [3.05, 3.63) is 34.9 Å². The van der Waals surface area contributed by atoms with Gasteiger partial charge in [0.1, 0.15) is 0 Å². The summed E-state index contributed by atoms with van der Waals surface area (Å²) >= 11 is 0. The topological polar surface area (TPSA) is 40.5 Å². The second-order valence-electron chi connectivity index (χ2n) is 4.61. The zero-order valence-electron chi connectivity index (χ0n) is 10.2. The number of carbonyl (C=O) groups is 1. The van der Waals surface area contributed by atoms with E-state index in [4.69, 9.17) is 5.11 Å². The van der Waals surface area contributed by atoms with Gasteiger partial charge in [0.15, 0.2) is 0 Å². The molecule has 0 aliphatic carbocycles. The molecule has 0 saturated heterocycles. The van der Waals surface area contributed by atoms with E-state index >= 15 is 0 Å². The zero-order valence-corrected chi connectivity index (χ0v) is 10.2. The smallest absolute Gasteiger partial charge is 0.416 e. The predicted octanol–water partition coefficient (Wildman–Crippen LogP) is 2.54. The van der Waals surface area contributed by atoms with Crippen LogP contribution in [-0.2, 0) is 23.9 Å². The summed E-state index contributed by atoms with van der Waals surface area (Å²) < 4.78 is 38.5. The first kappa shape index (κ1) is 13.9. The molecule has 104 valence electrons. The van der Waals surface area contributed by atoms with Crippen molar-refractivity contribution in [2.45, 2.75) is 25.6 Å². The van der Waals surface area contributed by atoms with Crippen LogP contribution in [0.5, 0.6) is 0 Å². The molecule has 6 heteroatoms. The van der Waals surface area contributed by atoms with Gasteiger partial charge in [-0.2, -0.15) is 13.2 Å². The molecule has 0 fully saturated rings. The maximum absolute atomic E-state index is 12.8. The van der Waals surface area contributed by atoms with Crippen LogP contribution in [0.15, 0.2) is 18.2 Å². The molecule has 1 aliphatic rings. The molecule has 0 atom stereocenters. The van der Waals surface area contributed by atoms with Crippen LogP contribution < -0.4 is 0 Å². The third kappa shape index (κ3) is 3.26. The highest BCUT2D eigenvalue weighted by Gasteiger charge is 2.35. The second kappa shape index (κ2) is 5.21. The maximum atomic E-state index is 12.8. The summed E-state index contributed by atoms with van der Waals surface area (Å²) in [7, 11) is 0. The largest absolute Gasteiger partial charge is 0.481 e. The van der Waals surface area contributed by atoms with E-state index < -0.39 is 17.7 Å². The Morgan fingerprint density at radius 2 is 2.11 bits per heavy atom. The molecule has 0 saturated carbocycles. The van der Waals surface area contributed by atoms with Gasteiger partial charge < -0.3 is 5.11 Å². The number of hydrogen-bond donors (Lipinski definition) is 1. The first-order valence-corrected chi connectivity index (χ1v) is 6.00. The highest BCUT2D eigenvalue weighted by molar-refractivity contribution is 5.66. The molecule has 3 nitrogen and oxygen atoms in total. The molecule has 0 amide bonds. The number of halogens is 3. The van der Waals surface area contributed by atoms with Gasteiger partial charge in [-0.05, 0) is 23.6 Å². The zero-order chi connectivity index (χ0) is 14.0. The monoisotopic (exact) mass is 273 g/mol. The van der Waals surface area contributed by atoms with Gasteiger partial charge in [-0.1, -0.05) is 12.1 Å². The van der Waals surface area contributed by atoms with Crippen LogP contribution in [-0.4, -0.2) is 29.1 Å². The highest BCUT2D eigenvalue weighted by atomic mass is 19.4. The van der Waals surface area contributed by atoms with E-state index in [1.54, 1.807) is 6.07 Å². The highest BCUT2D eigenvalue weighted by Crippen LogP contribution is 2.35. The number of benzene rings is 1. The lowest BCUT2D eigenvalue weighted by Crippen LogP contribution is -2.33. The molecule has 1 aromatic carbocycles. The van der Waals surface area contributed by atoms with E-state index in [2.05, 4.69) is 0 Å². The van der Waals surface area contributed by atoms with Crippen molar-refractivity contribution < 1.29 is 23.1 Å². The molecule has 0 bridgehead atoms. The van der Waals surface area contributed by atoms with E-state index in [0.717, 1.165) is 6.07 Å². The molecule has 0 aromatic heterocycles. The van der Waals surface area contributed by atoms with E-state index in [9.17, 15) is 18.0 Å². The molecule has 0 unspecified atom stereocenters. The average molecular weight is 273 g/mol. The summed E-state index contributed by atoms with van der Waals surface area (Å²) in [6.07, 6.45) is -4.01. The maximum Gasteiger partial charge on any atom is 0.416 e. The van der Waals surface area contributed by atoms with Crippen LogP contribution in [0.3, 0.4) is 0 Å². The summed E-state index contributed by atoms with van der Waals surface area (Å²) in [5.41, 5.74) is 0.427. The fourth-order valence-corrected chi connectivity index (χ4v) is 2.38. The van der Waals surface area contributed by atoms with Crippen LogP contribution >= 0.6 is 0 Å². The molecular formula is C13H14F3NO2.